The van der Waals surface area contributed by atoms with E-state index in [9.17, 15) is 0 Å². The molecule has 2 unspecified atom stereocenters. The van der Waals surface area contributed by atoms with Crippen molar-refractivity contribution < 1.29 is 0 Å². The predicted octanol–water partition coefficient (Wildman–Crippen LogP) is 1.02. The fourth-order valence-electron chi connectivity index (χ4n) is 2.46. The molecule has 0 aromatic heterocycles. The van der Waals surface area contributed by atoms with Gasteiger partial charge in [0, 0.05) is 12.6 Å². The lowest BCUT2D eigenvalue weighted by atomic mass is 9.75. The van der Waals surface area contributed by atoms with Crippen molar-refractivity contribution in [2.75, 3.05) is 6.54 Å². The Morgan fingerprint density at radius 3 is 2.36 bits per heavy atom. The third-order valence-electron chi connectivity index (χ3n) is 3.41. The zero-order chi connectivity index (χ0) is 8.01. The quantitative estimate of drug-likeness (QED) is 0.611. The van der Waals surface area contributed by atoms with E-state index < -0.39 is 0 Å². The third-order valence-corrected chi connectivity index (χ3v) is 3.41. The van der Waals surface area contributed by atoms with Crippen LogP contribution in [-0.2, 0) is 0 Å². The molecule has 0 bridgehead atoms. The second-order valence-electron chi connectivity index (χ2n) is 4.28. The van der Waals surface area contributed by atoms with E-state index in [1.165, 1.54) is 19.4 Å². The molecule has 1 aliphatic heterocycles. The molecule has 11 heavy (non-hydrogen) atoms. The van der Waals surface area contributed by atoms with Crippen LogP contribution in [0, 0.1) is 11.8 Å². The van der Waals surface area contributed by atoms with E-state index in [0.29, 0.717) is 12.2 Å². The van der Waals surface area contributed by atoms with Gasteiger partial charge in [-0.1, -0.05) is 0 Å². The van der Waals surface area contributed by atoms with Crippen molar-refractivity contribution in [1.29, 1.82) is 0 Å². The van der Waals surface area contributed by atoms with Crippen molar-refractivity contribution in [1.82, 2.24) is 4.90 Å². The first-order chi connectivity index (χ1) is 5.20. The molecule has 1 heterocycles. The van der Waals surface area contributed by atoms with Gasteiger partial charge in [-0.2, -0.15) is 0 Å². The zero-order valence-corrected chi connectivity index (χ0v) is 7.46. The number of hydrogen-bond donors (Lipinski definition) is 1. The predicted molar refractivity (Wildman–Crippen MR) is 46.0 cm³/mol. The summed E-state index contributed by atoms with van der Waals surface area (Å²) in [7, 11) is 0. The van der Waals surface area contributed by atoms with E-state index in [0.717, 1.165) is 11.8 Å². The van der Waals surface area contributed by atoms with Gasteiger partial charge in [0.05, 0.1) is 6.17 Å². The van der Waals surface area contributed by atoms with Gasteiger partial charge < -0.3 is 5.73 Å². The Balaban J connectivity index is 2.03. The molecule has 2 rings (SSSR count). The molecule has 2 nitrogen and oxygen atoms in total. The molecule has 64 valence electrons. The molecule has 0 aromatic carbocycles. The van der Waals surface area contributed by atoms with Crippen molar-refractivity contribution in [3.63, 3.8) is 0 Å². The van der Waals surface area contributed by atoms with Crippen LogP contribution in [0.1, 0.15) is 26.7 Å². The third kappa shape index (κ3) is 1.00. The van der Waals surface area contributed by atoms with E-state index >= 15 is 0 Å². The Bertz CT molecular complexity index is 156. The molecule has 1 saturated heterocycles. The van der Waals surface area contributed by atoms with Crippen molar-refractivity contribution in [3.8, 4) is 0 Å². The first-order valence-corrected chi connectivity index (χ1v) is 4.71. The van der Waals surface area contributed by atoms with Crippen LogP contribution in [0.5, 0.6) is 0 Å². The fourth-order valence-corrected chi connectivity index (χ4v) is 2.46. The maximum absolute atomic E-state index is 6.09. The van der Waals surface area contributed by atoms with E-state index in [1.54, 1.807) is 0 Å². The Morgan fingerprint density at radius 2 is 2.09 bits per heavy atom. The van der Waals surface area contributed by atoms with E-state index in [2.05, 4.69) is 18.7 Å². The van der Waals surface area contributed by atoms with Crippen molar-refractivity contribution >= 4 is 0 Å². The summed E-state index contributed by atoms with van der Waals surface area (Å²) in [5.74, 6) is 1.77. The monoisotopic (exact) mass is 154 g/mol. The second-order valence-corrected chi connectivity index (χ2v) is 4.28. The Labute approximate surface area is 68.7 Å². The van der Waals surface area contributed by atoms with Gasteiger partial charge in [0.25, 0.3) is 0 Å². The molecule has 0 spiro atoms. The highest BCUT2D eigenvalue weighted by atomic mass is 15.3. The summed E-state index contributed by atoms with van der Waals surface area (Å²) in [6.45, 7) is 5.73. The maximum atomic E-state index is 6.09. The molecule has 2 aliphatic rings. The van der Waals surface area contributed by atoms with E-state index in [4.69, 9.17) is 5.73 Å². The molecule has 0 radical (unpaired) electrons. The summed E-state index contributed by atoms with van der Waals surface area (Å²) in [5.41, 5.74) is 6.09. The number of rotatable bonds is 1. The molecular weight excluding hydrogens is 136 g/mol. The van der Waals surface area contributed by atoms with Crippen molar-refractivity contribution in [2.45, 2.75) is 38.9 Å². The molecule has 1 saturated carbocycles. The first kappa shape index (κ1) is 7.56. The number of fused-ring (bicyclic) bond motifs is 1. The largest absolute Gasteiger partial charge is 0.315 e. The van der Waals surface area contributed by atoms with Gasteiger partial charge in [-0.05, 0) is 38.5 Å². The lowest BCUT2D eigenvalue weighted by Crippen LogP contribution is -2.44. The highest BCUT2D eigenvalue weighted by Gasteiger charge is 2.45. The average Bonchev–Trinajstić information content (AvgIpc) is 2.03. The molecule has 1 aliphatic carbocycles. The minimum absolute atomic E-state index is 0.369. The van der Waals surface area contributed by atoms with Gasteiger partial charge in [-0.15, -0.1) is 0 Å². The van der Waals surface area contributed by atoms with Crippen LogP contribution in [0.25, 0.3) is 0 Å². The van der Waals surface area contributed by atoms with Gasteiger partial charge in [0.2, 0.25) is 0 Å². The molecule has 0 aromatic rings. The molecule has 0 amide bonds. The number of hydrogen-bond acceptors (Lipinski definition) is 2. The number of likely N-dealkylation sites (tertiary alicyclic amines) is 1. The second kappa shape index (κ2) is 2.46. The lowest BCUT2D eigenvalue weighted by molar-refractivity contribution is 0.169. The standard InChI is InChI=1S/C9H18N2/c1-6(2)11-5-7-3-4-8(7)9(11)10/h6-9H,3-5,10H2,1-2H3/t7?,8-,9?/m1/s1. The number of nitrogens with zero attached hydrogens (tertiary/aromatic N) is 1. The zero-order valence-electron chi connectivity index (χ0n) is 7.46. The van der Waals surface area contributed by atoms with Crippen LogP contribution in [0.4, 0.5) is 0 Å². The normalized spacial score (nSPS) is 44.2. The van der Waals surface area contributed by atoms with Crippen molar-refractivity contribution in [3.05, 3.63) is 0 Å². The summed E-state index contributed by atoms with van der Waals surface area (Å²) in [4.78, 5) is 2.45. The fraction of sp³-hybridized carbons (Fsp3) is 1.00. The SMILES string of the molecule is CC(C)N1CC2CC[C@H]2C1N. The topological polar surface area (TPSA) is 29.3 Å². The Morgan fingerprint density at radius 1 is 1.36 bits per heavy atom. The van der Waals surface area contributed by atoms with Crippen LogP contribution in [-0.4, -0.2) is 23.7 Å². The van der Waals surface area contributed by atoms with E-state index in [-0.39, 0.29) is 0 Å². The van der Waals surface area contributed by atoms with Crippen LogP contribution < -0.4 is 5.73 Å². The summed E-state index contributed by atoms with van der Waals surface area (Å²) < 4.78 is 0. The van der Waals surface area contributed by atoms with Crippen molar-refractivity contribution in [2.24, 2.45) is 17.6 Å². The van der Waals surface area contributed by atoms with Gasteiger partial charge >= 0.3 is 0 Å². The summed E-state index contributed by atoms with van der Waals surface area (Å²) in [6.07, 6.45) is 3.16. The van der Waals surface area contributed by atoms with Gasteiger partial charge in [0.15, 0.2) is 0 Å². The highest BCUT2D eigenvalue weighted by molar-refractivity contribution is 4.97. The Hall–Kier alpha value is -0.0800. The average molecular weight is 154 g/mol. The highest BCUT2D eigenvalue weighted by Crippen LogP contribution is 2.43. The first-order valence-electron chi connectivity index (χ1n) is 4.71. The summed E-state index contributed by atoms with van der Waals surface area (Å²) in [6, 6.07) is 0.635. The van der Waals surface area contributed by atoms with Gasteiger partial charge in [-0.3, -0.25) is 4.90 Å². The smallest absolute Gasteiger partial charge is 0.0606 e. The number of nitrogens with two attached hydrogens (primary N) is 1. The minimum Gasteiger partial charge on any atom is -0.315 e. The Kier molecular flexibility index (Phi) is 1.69. The molecule has 2 heteroatoms. The van der Waals surface area contributed by atoms with Crippen LogP contribution in [0.2, 0.25) is 0 Å². The maximum Gasteiger partial charge on any atom is 0.0606 e. The van der Waals surface area contributed by atoms with Crippen LogP contribution in [0.15, 0.2) is 0 Å². The van der Waals surface area contributed by atoms with Crippen LogP contribution in [0.3, 0.4) is 0 Å². The van der Waals surface area contributed by atoms with Crippen LogP contribution >= 0.6 is 0 Å². The summed E-state index contributed by atoms with van der Waals surface area (Å²) >= 11 is 0. The van der Waals surface area contributed by atoms with E-state index in [1.807, 2.05) is 0 Å². The molecule has 2 N–H and O–H groups in total. The van der Waals surface area contributed by atoms with Gasteiger partial charge in [0.1, 0.15) is 0 Å². The molecule has 2 fully saturated rings. The summed E-state index contributed by atoms with van der Waals surface area (Å²) in [5, 5.41) is 0. The molecular formula is C9H18N2. The minimum atomic E-state index is 0.369. The van der Waals surface area contributed by atoms with Gasteiger partial charge in [-0.25, -0.2) is 0 Å². The lowest BCUT2D eigenvalue weighted by Gasteiger charge is -2.32. The molecule has 3 atom stereocenters.